The molecule has 0 aromatic heterocycles. The number of nitrogens with two attached hydrogens (primary N) is 1. The quantitative estimate of drug-likeness (QED) is 0.603. The highest BCUT2D eigenvalue weighted by Gasteiger charge is 2.13. The molecule has 1 amide bonds. The summed E-state index contributed by atoms with van der Waals surface area (Å²) >= 11 is 7.88. The molecule has 2 aromatic rings. The van der Waals surface area contributed by atoms with Crippen LogP contribution in [0.4, 0.5) is 15.8 Å². The number of amides is 1. The first-order valence-electron chi connectivity index (χ1n) is 5.29. The van der Waals surface area contributed by atoms with Crippen molar-refractivity contribution in [2.75, 3.05) is 11.1 Å². The minimum Gasteiger partial charge on any atom is -0.396 e. The van der Waals surface area contributed by atoms with Crippen LogP contribution in [0.1, 0.15) is 10.4 Å². The predicted molar refractivity (Wildman–Crippen MR) is 82.9 cm³/mol. The molecular formula is C13H9ClFIN2O. The van der Waals surface area contributed by atoms with Crippen LogP contribution in [0, 0.1) is 9.39 Å². The number of anilines is 2. The highest BCUT2D eigenvalue weighted by molar-refractivity contribution is 14.1. The van der Waals surface area contributed by atoms with Crippen molar-refractivity contribution in [3.8, 4) is 0 Å². The second-order valence-electron chi connectivity index (χ2n) is 3.78. The van der Waals surface area contributed by atoms with Crippen LogP contribution >= 0.6 is 34.2 Å². The number of hydrogen-bond acceptors (Lipinski definition) is 2. The van der Waals surface area contributed by atoms with Gasteiger partial charge in [0.15, 0.2) is 0 Å². The summed E-state index contributed by atoms with van der Waals surface area (Å²) in [7, 11) is 0. The van der Waals surface area contributed by atoms with Crippen molar-refractivity contribution in [2.45, 2.75) is 0 Å². The lowest BCUT2D eigenvalue weighted by molar-refractivity contribution is 0.102. The van der Waals surface area contributed by atoms with Crippen molar-refractivity contribution in [1.29, 1.82) is 0 Å². The zero-order valence-corrected chi connectivity index (χ0v) is 12.5. The summed E-state index contributed by atoms with van der Waals surface area (Å²) in [5, 5.41) is 3.25. The molecule has 0 saturated carbocycles. The SMILES string of the molecule is Nc1c(F)cccc1C(=O)Nc1ccc(Cl)cc1I. The van der Waals surface area contributed by atoms with Crippen LogP contribution in [0.15, 0.2) is 36.4 Å². The normalized spacial score (nSPS) is 10.3. The van der Waals surface area contributed by atoms with E-state index >= 15 is 0 Å². The number of carbonyl (C=O) groups excluding carboxylic acids is 1. The Balaban J connectivity index is 2.28. The van der Waals surface area contributed by atoms with E-state index in [-0.39, 0.29) is 11.3 Å². The number of rotatable bonds is 2. The molecule has 0 aliphatic carbocycles. The van der Waals surface area contributed by atoms with Crippen LogP contribution in [-0.2, 0) is 0 Å². The van der Waals surface area contributed by atoms with Gasteiger partial charge in [-0.1, -0.05) is 17.7 Å². The van der Waals surface area contributed by atoms with Crippen LogP contribution in [0.3, 0.4) is 0 Å². The van der Waals surface area contributed by atoms with Gasteiger partial charge in [-0.05, 0) is 52.9 Å². The van der Waals surface area contributed by atoms with Crippen LogP contribution in [0.2, 0.25) is 5.02 Å². The smallest absolute Gasteiger partial charge is 0.257 e. The Bertz CT molecular complexity index is 649. The van der Waals surface area contributed by atoms with Gasteiger partial charge in [-0.25, -0.2) is 4.39 Å². The standard InChI is InChI=1S/C13H9ClFIN2O/c14-7-4-5-11(10(16)6-7)18-13(19)8-2-1-3-9(15)12(8)17/h1-6H,17H2,(H,18,19). The Kier molecular flexibility index (Phi) is 4.26. The van der Waals surface area contributed by atoms with Gasteiger partial charge < -0.3 is 11.1 Å². The zero-order valence-electron chi connectivity index (χ0n) is 9.58. The third-order valence-electron chi connectivity index (χ3n) is 2.48. The number of hydrogen-bond donors (Lipinski definition) is 2. The first-order valence-corrected chi connectivity index (χ1v) is 6.75. The minimum absolute atomic E-state index is 0.103. The summed E-state index contributed by atoms with van der Waals surface area (Å²) in [5.74, 6) is -1.07. The first kappa shape index (κ1) is 14.1. The molecule has 0 aliphatic rings. The molecule has 19 heavy (non-hydrogen) atoms. The maximum Gasteiger partial charge on any atom is 0.257 e. The topological polar surface area (TPSA) is 55.1 Å². The highest BCUT2D eigenvalue weighted by Crippen LogP contribution is 2.24. The van der Waals surface area contributed by atoms with E-state index in [9.17, 15) is 9.18 Å². The zero-order chi connectivity index (χ0) is 14.0. The fourth-order valence-corrected chi connectivity index (χ4v) is 2.52. The Hall–Kier alpha value is -1.34. The van der Waals surface area contributed by atoms with Crippen LogP contribution < -0.4 is 11.1 Å². The summed E-state index contributed by atoms with van der Waals surface area (Å²) in [6.07, 6.45) is 0. The largest absolute Gasteiger partial charge is 0.396 e. The summed E-state index contributed by atoms with van der Waals surface area (Å²) in [5.41, 5.74) is 6.08. The van der Waals surface area contributed by atoms with Gasteiger partial charge in [0.2, 0.25) is 0 Å². The van der Waals surface area contributed by atoms with Crippen molar-refractivity contribution in [3.05, 3.63) is 56.4 Å². The molecule has 3 N–H and O–H groups in total. The monoisotopic (exact) mass is 390 g/mol. The number of nitrogen functional groups attached to an aromatic ring is 1. The fraction of sp³-hybridized carbons (Fsp3) is 0. The third-order valence-corrected chi connectivity index (χ3v) is 3.60. The van der Waals surface area contributed by atoms with Gasteiger partial charge in [-0.3, -0.25) is 4.79 Å². The second kappa shape index (κ2) is 5.75. The van der Waals surface area contributed by atoms with E-state index in [1.807, 2.05) is 22.6 Å². The molecule has 2 aromatic carbocycles. The molecule has 0 saturated heterocycles. The number of carbonyl (C=O) groups is 1. The lowest BCUT2D eigenvalue weighted by Gasteiger charge is -2.09. The third kappa shape index (κ3) is 3.16. The molecule has 0 heterocycles. The molecule has 98 valence electrons. The van der Waals surface area contributed by atoms with E-state index in [0.29, 0.717) is 10.7 Å². The molecule has 0 unspecified atom stereocenters. The van der Waals surface area contributed by atoms with E-state index in [0.717, 1.165) is 3.57 Å². The Morgan fingerprint density at radius 3 is 2.74 bits per heavy atom. The number of nitrogens with one attached hydrogen (secondary N) is 1. The van der Waals surface area contributed by atoms with E-state index < -0.39 is 11.7 Å². The average Bonchev–Trinajstić information content (AvgIpc) is 2.36. The number of halogens is 3. The van der Waals surface area contributed by atoms with E-state index in [2.05, 4.69) is 5.32 Å². The first-order chi connectivity index (χ1) is 8.99. The molecule has 0 atom stereocenters. The Morgan fingerprint density at radius 2 is 2.05 bits per heavy atom. The Labute approximate surface area is 128 Å². The highest BCUT2D eigenvalue weighted by atomic mass is 127. The van der Waals surface area contributed by atoms with Crippen LogP contribution in [0.5, 0.6) is 0 Å². The molecule has 0 radical (unpaired) electrons. The van der Waals surface area contributed by atoms with Gasteiger partial charge >= 0.3 is 0 Å². The molecule has 0 fully saturated rings. The van der Waals surface area contributed by atoms with Crippen molar-refractivity contribution < 1.29 is 9.18 Å². The molecule has 6 heteroatoms. The molecule has 3 nitrogen and oxygen atoms in total. The summed E-state index contributed by atoms with van der Waals surface area (Å²) in [4.78, 5) is 12.0. The molecule has 2 rings (SSSR count). The van der Waals surface area contributed by atoms with E-state index in [1.54, 1.807) is 18.2 Å². The van der Waals surface area contributed by atoms with Crippen molar-refractivity contribution >= 4 is 51.5 Å². The van der Waals surface area contributed by atoms with Crippen molar-refractivity contribution in [2.24, 2.45) is 0 Å². The molecule has 0 aliphatic heterocycles. The summed E-state index contributed by atoms with van der Waals surface area (Å²) in [6.45, 7) is 0. The van der Waals surface area contributed by atoms with E-state index in [4.69, 9.17) is 17.3 Å². The van der Waals surface area contributed by atoms with Crippen molar-refractivity contribution in [3.63, 3.8) is 0 Å². The second-order valence-corrected chi connectivity index (χ2v) is 5.38. The van der Waals surface area contributed by atoms with Gasteiger partial charge in [-0.2, -0.15) is 0 Å². The predicted octanol–water partition coefficient (Wildman–Crippen LogP) is 3.92. The lowest BCUT2D eigenvalue weighted by atomic mass is 10.1. The molecular weight excluding hydrogens is 382 g/mol. The van der Waals surface area contributed by atoms with E-state index in [1.165, 1.54) is 18.2 Å². The van der Waals surface area contributed by atoms with Crippen LogP contribution in [-0.4, -0.2) is 5.91 Å². The summed E-state index contributed by atoms with van der Waals surface area (Å²) in [6, 6.07) is 9.17. The maximum atomic E-state index is 13.3. The minimum atomic E-state index is -0.613. The van der Waals surface area contributed by atoms with Gasteiger partial charge in [0.1, 0.15) is 5.82 Å². The van der Waals surface area contributed by atoms with Gasteiger partial charge in [0, 0.05) is 8.59 Å². The van der Waals surface area contributed by atoms with Gasteiger partial charge in [0.25, 0.3) is 5.91 Å². The fourth-order valence-electron chi connectivity index (χ4n) is 1.52. The molecule has 0 spiro atoms. The van der Waals surface area contributed by atoms with Gasteiger partial charge in [-0.15, -0.1) is 0 Å². The summed E-state index contributed by atoms with van der Waals surface area (Å²) < 4.78 is 14.1. The number of benzene rings is 2. The van der Waals surface area contributed by atoms with Crippen LogP contribution in [0.25, 0.3) is 0 Å². The molecule has 0 bridgehead atoms. The number of para-hydroxylation sites is 1. The van der Waals surface area contributed by atoms with Crippen molar-refractivity contribution in [1.82, 2.24) is 0 Å². The maximum absolute atomic E-state index is 13.3. The average molecular weight is 391 g/mol. The van der Waals surface area contributed by atoms with Gasteiger partial charge in [0.05, 0.1) is 16.9 Å². The lowest BCUT2D eigenvalue weighted by Crippen LogP contribution is -2.15. The Morgan fingerprint density at radius 1 is 1.32 bits per heavy atom.